The lowest BCUT2D eigenvalue weighted by molar-refractivity contribution is 0.262. The number of nitrogens with one attached hydrogen (secondary N) is 2. The van der Waals surface area contributed by atoms with Crippen LogP contribution < -0.4 is 21.1 Å². The van der Waals surface area contributed by atoms with E-state index in [1.807, 2.05) is 0 Å². The first-order valence-electron chi connectivity index (χ1n) is 5.85. The normalized spacial score (nSPS) is 9.90. The van der Waals surface area contributed by atoms with Crippen LogP contribution in [0.15, 0.2) is 46.9 Å². The first-order chi connectivity index (χ1) is 9.58. The van der Waals surface area contributed by atoms with Crippen LogP contribution in [0.1, 0.15) is 0 Å². The molecule has 6 heteroatoms. The molecule has 0 heterocycles. The smallest absolute Gasteiger partial charge is 0.323 e. The van der Waals surface area contributed by atoms with Crippen molar-refractivity contribution in [3.63, 3.8) is 0 Å². The number of nitrogens with two attached hydrogens (primary N) is 1. The number of halogens is 1. The van der Waals surface area contributed by atoms with E-state index in [1.54, 1.807) is 49.6 Å². The minimum Gasteiger partial charge on any atom is -0.495 e. The molecule has 2 amide bonds. The Morgan fingerprint density at radius 2 is 1.85 bits per heavy atom. The largest absolute Gasteiger partial charge is 0.495 e. The maximum Gasteiger partial charge on any atom is 0.323 e. The van der Waals surface area contributed by atoms with Crippen molar-refractivity contribution in [2.75, 3.05) is 23.5 Å². The summed E-state index contributed by atoms with van der Waals surface area (Å²) in [5.74, 6) is 0.645. The third-order valence-corrected chi connectivity index (χ3v) is 3.21. The van der Waals surface area contributed by atoms with Crippen LogP contribution in [0.5, 0.6) is 5.75 Å². The number of ether oxygens (including phenoxy) is 1. The molecule has 0 aliphatic rings. The fraction of sp³-hybridized carbons (Fsp3) is 0.0714. The highest BCUT2D eigenvalue weighted by Gasteiger charge is 2.06. The van der Waals surface area contributed by atoms with Gasteiger partial charge < -0.3 is 21.1 Å². The van der Waals surface area contributed by atoms with Crippen molar-refractivity contribution in [1.29, 1.82) is 0 Å². The summed E-state index contributed by atoms with van der Waals surface area (Å²) >= 11 is 3.35. The van der Waals surface area contributed by atoms with Gasteiger partial charge in [0, 0.05) is 23.1 Å². The van der Waals surface area contributed by atoms with Gasteiger partial charge in [0.05, 0.1) is 11.6 Å². The van der Waals surface area contributed by atoms with Crippen molar-refractivity contribution in [2.24, 2.45) is 0 Å². The Bertz CT molecular complexity index is 632. The van der Waals surface area contributed by atoms with E-state index in [2.05, 4.69) is 26.6 Å². The molecule has 0 saturated heterocycles. The van der Waals surface area contributed by atoms with Gasteiger partial charge in [0.2, 0.25) is 0 Å². The fourth-order valence-corrected chi connectivity index (χ4v) is 2.06. The Labute approximate surface area is 125 Å². The zero-order chi connectivity index (χ0) is 14.5. The number of rotatable bonds is 3. The van der Waals surface area contributed by atoms with E-state index in [9.17, 15) is 4.79 Å². The summed E-state index contributed by atoms with van der Waals surface area (Å²) in [6.07, 6.45) is 0. The summed E-state index contributed by atoms with van der Waals surface area (Å²) < 4.78 is 5.99. The number of carbonyl (C=O) groups is 1. The Balaban J connectivity index is 2.04. The van der Waals surface area contributed by atoms with Crippen LogP contribution in [0.25, 0.3) is 0 Å². The van der Waals surface area contributed by atoms with Gasteiger partial charge in [0.15, 0.2) is 0 Å². The lowest BCUT2D eigenvalue weighted by Gasteiger charge is -2.10. The zero-order valence-corrected chi connectivity index (χ0v) is 12.4. The highest BCUT2D eigenvalue weighted by Crippen LogP contribution is 2.27. The second-order valence-corrected chi connectivity index (χ2v) is 4.91. The third-order valence-electron chi connectivity index (χ3n) is 2.55. The van der Waals surface area contributed by atoms with E-state index in [-0.39, 0.29) is 6.03 Å². The van der Waals surface area contributed by atoms with Gasteiger partial charge in [-0.1, -0.05) is 6.07 Å². The van der Waals surface area contributed by atoms with Gasteiger partial charge in [-0.05, 0) is 46.3 Å². The zero-order valence-electron chi connectivity index (χ0n) is 10.8. The molecule has 5 nitrogen and oxygen atoms in total. The van der Waals surface area contributed by atoms with Crippen LogP contribution >= 0.6 is 15.9 Å². The first kappa shape index (κ1) is 14.2. The number of benzene rings is 2. The van der Waals surface area contributed by atoms with Crippen LogP contribution in [0.3, 0.4) is 0 Å². The molecule has 0 atom stereocenters. The number of nitrogen functional groups attached to an aromatic ring is 1. The third kappa shape index (κ3) is 3.64. The standard InChI is InChI=1S/C14H14BrN3O2/c1-20-13-8-11(5-6-12(13)15)18-14(19)17-10-4-2-3-9(16)7-10/h2-8H,16H2,1H3,(H2,17,18,19). The number of urea groups is 1. The van der Waals surface area contributed by atoms with E-state index in [4.69, 9.17) is 10.5 Å². The topological polar surface area (TPSA) is 76.4 Å². The molecule has 104 valence electrons. The summed E-state index contributed by atoms with van der Waals surface area (Å²) in [4.78, 5) is 11.9. The van der Waals surface area contributed by atoms with Crippen LogP contribution in [-0.4, -0.2) is 13.1 Å². The first-order valence-corrected chi connectivity index (χ1v) is 6.65. The van der Waals surface area contributed by atoms with Crippen molar-refractivity contribution < 1.29 is 9.53 Å². The number of hydrogen-bond acceptors (Lipinski definition) is 3. The number of carbonyl (C=O) groups excluding carboxylic acids is 1. The molecule has 0 aliphatic heterocycles. The van der Waals surface area contributed by atoms with Gasteiger partial charge in [0.25, 0.3) is 0 Å². The highest BCUT2D eigenvalue weighted by atomic mass is 79.9. The number of anilines is 3. The van der Waals surface area contributed by atoms with Gasteiger partial charge >= 0.3 is 6.03 Å². The SMILES string of the molecule is COc1cc(NC(=O)Nc2cccc(N)c2)ccc1Br. The van der Waals surface area contributed by atoms with Gasteiger partial charge in [-0.2, -0.15) is 0 Å². The Hall–Kier alpha value is -2.21. The maximum atomic E-state index is 11.9. The van der Waals surface area contributed by atoms with Crippen LogP contribution in [0.2, 0.25) is 0 Å². The molecule has 0 aliphatic carbocycles. The van der Waals surface area contributed by atoms with E-state index < -0.39 is 0 Å². The fourth-order valence-electron chi connectivity index (χ4n) is 1.65. The second kappa shape index (κ2) is 6.29. The molecule has 0 saturated carbocycles. The van der Waals surface area contributed by atoms with Crippen LogP contribution in [0, 0.1) is 0 Å². The predicted molar refractivity (Wildman–Crippen MR) is 84.2 cm³/mol. The highest BCUT2D eigenvalue weighted by molar-refractivity contribution is 9.10. The quantitative estimate of drug-likeness (QED) is 0.748. The lowest BCUT2D eigenvalue weighted by atomic mass is 10.3. The van der Waals surface area contributed by atoms with Crippen molar-refractivity contribution in [1.82, 2.24) is 0 Å². The van der Waals surface area contributed by atoms with E-state index >= 15 is 0 Å². The predicted octanol–water partition coefficient (Wildman–Crippen LogP) is 3.68. The average Bonchev–Trinajstić information content (AvgIpc) is 2.41. The molecular weight excluding hydrogens is 322 g/mol. The average molecular weight is 336 g/mol. The Kier molecular flexibility index (Phi) is 4.47. The molecule has 0 fully saturated rings. The molecule has 0 radical (unpaired) electrons. The van der Waals surface area contributed by atoms with Crippen LogP contribution in [0.4, 0.5) is 21.9 Å². The lowest BCUT2D eigenvalue weighted by Crippen LogP contribution is -2.19. The summed E-state index contributed by atoms with van der Waals surface area (Å²) in [5, 5.41) is 5.42. The summed E-state index contributed by atoms with van der Waals surface area (Å²) in [6.45, 7) is 0. The molecule has 0 spiro atoms. The van der Waals surface area contributed by atoms with Crippen molar-refractivity contribution in [3.8, 4) is 5.75 Å². The molecule has 20 heavy (non-hydrogen) atoms. The number of hydrogen-bond donors (Lipinski definition) is 3. The van der Waals surface area contributed by atoms with E-state index in [1.165, 1.54) is 0 Å². The summed E-state index contributed by atoms with van der Waals surface area (Å²) in [6, 6.07) is 11.9. The van der Waals surface area contributed by atoms with Gasteiger partial charge in [0.1, 0.15) is 5.75 Å². The van der Waals surface area contributed by atoms with E-state index in [0.717, 1.165) is 4.47 Å². The maximum absolute atomic E-state index is 11.9. The minimum atomic E-state index is -0.347. The molecule has 2 rings (SSSR count). The molecule has 2 aromatic carbocycles. The minimum absolute atomic E-state index is 0.347. The second-order valence-electron chi connectivity index (χ2n) is 4.05. The van der Waals surface area contributed by atoms with Gasteiger partial charge in [-0.15, -0.1) is 0 Å². The van der Waals surface area contributed by atoms with Crippen molar-refractivity contribution >= 4 is 39.0 Å². The van der Waals surface area contributed by atoms with Crippen molar-refractivity contribution in [3.05, 3.63) is 46.9 Å². The van der Waals surface area contributed by atoms with Gasteiger partial charge in [-0.25, -0.2) is 4.79 Å². The molecular formula is C14H14BrN3O2. The van der Waals surface area contributed by atoms with Crippen molar-refractivity contribution in [2.45, 2.75) is 0 Å². The Morgan fingerprint density at radius 1 is 1.15 bits per heavy atom. The molecule has 4 N–H and O–H groups in total. The summed E-state index contributed by atoms with van der Waals surface area (Å²) in [5.41, 5.74) is 7.50. The van der Waals surface area contributed by atoms with E-state index in [0.29, 0.717) is 22.8 Å². The van der Waals surface area contributed by atoms with Crippen LogP contribution in [-0.2, 0) is 0 Å². The monoisotopic (exact) mass is 335 g/mol. The molecule has 2 aromatic rings. The number of amides is 2. The Morgan fingerprint density at radius 3 is 2.50 bits per heavy atom. The molecule has 0 aromatic heterocycles. The molecule has 0 bridgehead atoms. The van der Waals surface area contributed by atoms with Gasteiger partial charge in [-0.3, -0.25) is 0 Å². The molecule has 0 unspecified atom stereocenters. The summed E-state index contributed by atoms with van der Waals surface area (Å²) in [7, 11) is 1.57. The number of methoxy groups -OCH3 is 1.